The summed E-state index contributed by atoms with van der Waals surface area (Å²) >= 11 is 0. The third kappa shape index (κ3) is 4.89. The summed E-state index contributed by atoms with van der Waals surface area (Å²) in [5.74, 6) is -3.37. The predicted molar refractivity (Wildman–Crippen MR) is 69.6 cm³/mol. The van der Waals surface area contributed by atoms with Gasteiger partial charge in [0.15, 0.2) is 30.7 Å². The lowest BCUT2D eigenvalue weighted by Crippen LogP contribution is -2.63. The van der Waals surface area contributed by atoms with Crippen LogP contribution in [0.2, 0.25) is 0 Å². The van der Waals surface area contributed by atoms with E-state index in [1.165, 1.54) is 0 Å². The van der Waals surface area contributed by atoms with E-state index < -0.39 is 54.6 Å². The standard InChI is InChI=1S/C13H18O10/c1-5(14)20-8-9(21-6(2)15)11(22-7(3)16)13(18)23-10(8)12(17)19-4/h8-11,13,18H,1-4H3/t8-,9+,10+,11-,13?/m1/s1. The summed E-state index contributed by atoms with van der Waals surface area (Å²) in [7, 11) is 1.06. The van der Waals surface area contributed by atoms with Gasteiger partial charge in [-0.05, 0) is 0 Å². The van der Waals surface area contributed by atoms with Crippen LogP contribution in [0.25, 0.3) is 0 Å². The van der Waals surface area contributed by atoms with Gasteiger partial charge in [0, 0.05) is 20.8 Å². The second-order valence-corrected chi connectivity index (χ2v) is 4.69. The Balaban J connectivity index is 3.21. The van der Waals surface area contributed by atoms with E-state index in [0.717, 1.165) is 27.9 Å². The molecule has 1 rings (SSSR count). The predicted octanol–water partition coefficient (Wildman–Crippen LogP) is -1.33. The van der Waals surface area contributed by atoms with Crippen LogP contribution in [-0.2, 0) is 42.9 Å². The zero-order valence-electron chi connectivity index (χ0n) is 13.0. The molecule has 1 fully saturated rings. The third-order valence-electron chi connectivity index (χ3n) is 2.85. The topological polar surface area (TPSA) is 135 Å². The molecule has 1 unspecified atom stereocenters. The number of carbonyl (C=O) groups is 4. The van der Waals surface area contributed by atoms with Gasteiger partial charge in [0.05, 0.1) is 7.11 Å². The van der Waals surface area contributed by atoms with Crippen LogP contribution in [0.5, 0.6) is 0 Å². The summed E-state index contributed by atoms with van der Waals surface area (Å²) < 4.78 is 24.3. The summed E-state index contributed by atoms with van der Waals surface area (Å²) in [6.45, 7) is 3.18. The molecule has 0 aromatic carbocycles. The molecule has 23 heavy (non-hydrogen) atoms. The van der Waals surface area contributed by atoms with Crippen molar-refractivity contribution in [3.63, 3.8) is 0 Å². The average molecular weight is 334 g/mol. The van der Waals surface area contributed by atoms with E-state index in [4.69, 9.17) is 18.9 Å². The van der Waals surface area contributed by atoms with E-state index in [1.807, 2.05) is 0 Å². The highest BCUT2D eigenvalue weighted by Crippen LogP contribution is 2.28. The maximum Gasteiger partial charge on any atom is 0.339 e. The summed E-state index contributed by atoms with van der Waals surface area (Å²) in [6.07, 6.45) is -7.75. The molecule has 0 bridgehead atoms. The highest BCUT2D eigenvalue weighted by atomic mass is 16.7. The SMILES string of the molecule is COC(=O)[C@H]1OC(O)[C@H](OC(C)=O)[C@@H](OC(C)=O)[C@H]1OC(C)=O. The highest BCUT2D eigenvalue weighted by molar-refractivity contribution is 5.77. The van der Waals surface area contributed by atoms with Gasteiger partial charge in [-0.1, -0.05) is 0 Å². The second kappa shape index (κ2) is 7.88. The number of aliphatic hydroxyl groups is 1. The Labute approximate surface area is 131 Å². The van der Waals surface area contributed by atoms with E-state index in [0.29, 0.717) is 0 Å². The van der Waals surface area contributed by atoms with Crippen molar-refractivity contribution in [3.8, 4) is 0 Å². The molecule has 10 nitrogen and oxygen atoms in total. The van der Waals surface area contributed by atoms with Gasteiger partial charge in [-0.2, -0.15) is 0 Å². The first kappa shape index (κ1) is 18.8. The molecular formula is C13H18O10. The van der Waals surface area contributed by atoms with Crippen LogP contribution >= 0.6 is 0 Å². The second-order valence-electron chi connectivity index (χ2n) is 4.69. The van der Waals surface area contributed by atoms with Crippen LogP contribution in [0, 0.1) is 0 Å². The number of methoxy groups -OCH3 is 1. The van der Waals surface area contributed by atoms with Crippen molar-refractivity contribution >= 4 is 23.9 Å². The van der Waals surface area contributed by atoms with Crippen LogP contribution < -0.4 is 0 Å². The van der Waals surface area contributed by atoms with Crippen LogP contribution in [0.1, 0.15) is 20.8 Å². The lowest BCUT2D eigenvalue weighted by Gasteiger charge is -2.41. The van der Waals surface area contributed by atoms with E-state index in [2.05, 4.69) is 4.74 Å². The monoisotopic (exact) mass is 334 g/mol. The normalized spacial score (nSPS) is 30.0. The fourth-order valence-electron chi connectivity index (χ4n) is 2.10. The van der Waals surface area contributed by atoms with Gasteiger partial charge in [0.2, 0.25) is 0 Å². The number of rotatable bonds is 4. The van der Waals surface area contributed by atoms with Gasteiger partial charge in [0.1, 0.15) is 0 Å². The Kier molecular flexibility index (Phi) is 6.46. The Morgan fingerprint density at radius 1 is 0.826 bits per heavy atom. The summed E-state index contributed by atoms with van der Waals surface area (Å²) in [5.41, 5.74) is 0. The Hall–Kier alpha value is -2.20. The molecule has 1 heterocycles. The van der Waals surface area contributed by atoms with Crippen molar-refractivity contribution in [2.75, 3.05) is 7.11 Å². The zero-order valence-corrected chi connectivity index (χ0v) is 13.0. The quantitative estimate of drug-likeness (QED) is 0.486. The zero-order chi connectivity index (χ0) is 17.7. The van der Waals surface area contributed by atoms with Gasteiger partial charge >= 0.3 is 23.9 Å². The van der Waals surface area contributed by atoms with E-state index in [9.17, 15) is 24.3 Å². The van der Waals surface area contributed by atoms with Crippen molar-refractivity contribution in [3.05, 3.63) is 0 Å². The maximum atomic E-state index is 11.8. The molecule has 0 radical (unpaired) electrons. The van der Waals surface area contributed by atoms with Crippen molar-refractivity contribution in [1.82, 2.24) is 0 Å². The molecule has 10 heteroatoms. The van der Waals surface area contributed by atoms with Gasteiger partial charge in [0.25, 0.3) is 0 Å². The van der Waals surface area contributed by atoms with Gasteiger partial charge in [-0.15, -0.1) is 0 Å². The van der Waals surface area contributed by atoms with E-state index in [-0.39, 0.29) is 0 Å². The molecule has 1 saturated heterocycles. The minimum Gasteiger partial charge on any atom is -0.467 e. The fourth-order valence-corrected chi connectivity index (χ4v) is 2.10. The van der Waals surface area contributed by atoms with Gasteiger partial charge < -0.3 is 28.8 Å². The number of ether oxygens (including phenoxy) is 5. The van der Waals surface area contributed by atoms with Crippen LogP contribution in [0.4, 0.5) is 0 Å². The molecule has 0 aromatic heterocycles. The van der Waals surface area contributed by atoms with Crippen molar-refractivity contribution in [2.45, 2.75) is 51.5 Å². The number of hydrogen-bond donors (Lipinski definition) is 1. The molecule has 0 aliphatic carbocycles. The Morgan fingerprint density at radius 2 is 1.26 bits per heavy atom. The molecule has 0 saturated carbocycles. The van der Waals surface area contributed by atoms with E-state index in [1.54, 1.807) is 0 Å². The summed E-state index contributed by atoms with van der Waals surface area (Å²) in [4.78, 5) is 45.5. The Bertz CT molecular complexity index is 487. The lowest BCUT2D eigenvalue weighted by molar-refractivity contribution is -0.289. The molecule has 1 aliphatic heterocycles. The first-order valence-electron chi connectivity index (χ1n) is 6.60. The minimum absolute atomic E-state index is 0.798. The van der Waals surface area contributed by atoms with Crippen LogP contribution in [0.15, 0.2) is 0 Å². The largest absolute Gasteiger partial charge is 0.467 e. The van der Waals surface area contributed by atoms with Crippen molar-refractivity contribution in [2.24, 2.45) is 0 Å². The van der Waals surface area contributed by atoms with Crippen molar-refractivity contribution < 1.29 is 48.0 Å². The van der Waals surface area contributed by atoms with Gasteiger partial charge in [-0.3, -0.25) is 14.4 Å². The smallest absolute Gasteiger partial charge is 0.339 e. The molecule has 0 spiro atoms. The number of carbonyl (C=O) groups excluding carboxylic acids is 4. The number of esters is 4. The number of hydrogen-bond acceptors (Lipinski definition) is 10. The van der Waals surface area contributed by atoms with Crippen LogP contribution in [-0.4, -0.2) is 66.8 Å². The molecule has 0 amide bonds. The molecule has 1 aliphatic rings. The molecule has 5 atom stereocenters. The van der Waals surface area contributed by atoms with E-state index >= 15 is 0 Å². The Morgan fingerprint density at radius 3 is 1.70 bits per heavy atom. The molecular weight excluding hydrogens is 316 g/mol. The average Bonchev–Trinajstić information content (AvgIpc) is 2.43. The number of aliphatic hydroxyl groups excluding tert-OH is 1. The first-order valence-corrected chi connectivity index (χ1v) is 6.60. The fraction of sp³-hybridized carbons (Fsp3) is 0.692. The first-order chi connectivity index (χ1) is 10.7. The molecule has 130 valence electrons. The summed E-state index contributed by atoms with van der Waals surface area (Å²) in [6, 6.07) is 0. The maximum absolute atomic E-state index is 11.8. The highest BCUT2D eigenvalue weighted by Gasteiger charge is 2.54. The molecule has 0 aromatic rings. The molecule has 1 N–H and O–H groups in total. The minimum atomic E-state index is -1.79. The van der Waals surface area contributed by atoms with Gasteiger partial charge in [-0.25, -0.2) is 4.79 Å². The van der Waals surface area contributed by atoms with Crippen molar-refractivity contribution in [1.29, 1.82) is 0 Å². The summed E-state index contributed by atoms with van der Waals surface area (Å²) in [5, 5.41) is 9.93. The lowest BCUT2D eigenvalue weighted by atomic mass is 9.98. The van der Waals surface area contributed by atoms with Crippen LogP contribution in [0.3, 0.4) is 0 Å². The third-order valence-corrected chi connectivity index (χ3v) is 2.85.